The van der Waals surface area contributed by atoms with Crippen molar-refractivity contribution in [1.29, 1.82) is 0 Å². The molecule has 45 heavy (non-hydrogen) atoms. The molecule has 0 radical (unpaired) electrons. The monoisotopic (exact) mass is 614 g/mol. The van der Waals surface area contributed by atoms with Gasteiger partial charge in [0, 0.05) is 30.9 Å². The summed E-state index contributed by atoms with van der Waals surface area (Å²) in [5.74, 6) is -1.32. The van der Waals surface area contributed by atoms with Crippen molar-refractivity contribution >= 4 is 32.6 Å². The third kappa shape index (κ3) is 6.56. The lowest BCUT2D eigenvalue weighted by Crippen LogP contribution is -2.23. The van der Waals surface area contributed by atoms with Crippen molar-refractivity contribution in [3.05, 3.63) is 150 Å². The number of rotatable bonds is 9. The van der Waals surface area contributed by atoms with Crippen LogP contribution >= 0.6 is 0 Å². The first kappa shape index (κ1) is 29.6. The van der Waals surface area contributed by atoms with Crippen LogP contribution in [0.25, 0.3) is 33.2 Å². The van der Waals surface area contributed by atoms with Gasteiger partial charge in [0.05, 0.1) is 21.5 Å². The van der Waals surface area contributed by atoms with Gasteiger partial charge in [-0.05, 0) is 75.8 Å². The molecule has 0 bridgehead atoms. The van der Waals surface area contributed by atoms with Gasteiger partial charge in [0.1, 0.15) is 0 Å². The predicted octanol–water partition coefficient (Wildman–Crippen LogP) is 7.06. The number of hydrogen-bond donors (Lipinski definition) is 2. The lowest BCUT2D eigenvalue weighted by atomic mass is 9.99. The number of carbonyl (C=O) groups excluding carboxylic acids is 1. The summed E-state index contributed by atoms with van der Waals surface area (Å²) in [6.45, 7) is 0.744. The number of aromatic carboxylic acids is 1. The highest BCUT2D eigenvalue weighted by Gasteiger charge is 2.18. The number of carboxylic acids is 1. The molecule has 1 aromatic heterocycles. The van der Waals surface area contributed by atoms with E-state index in [0.717, 1.165) is 33.2 Å². The molecule has 1 amide bonds. The van der Waals surface area contributed by atoms with Gasteiger partial charge in [0.15, 0.2) is 9.84 Å². The number of amides is 1. The van der Waals surface area contributed by atoms with Crippen LogP contribution in [0.3, 0.4) is 0 Å². The maximum absolute atomic E-state index is 13.8. The number of aromatic nitrogens is 1. The Morgan fingerprint density at radius 2 is 1.38 bits per heavy atom. The molecular weight excluding hydrogens is 584 g/mol. The number of hydrogen-bond acceptors (Lipinski definition) is 4. The summed E-state index contributed by atoms with van der Waals surface area (Å²) in [5.41, 5.74) is 6.86. The van der Waals surface area contributed by atoms with Crippen LogP contribution in [0.15, 0.2) is 132 Å². The number of benzene rings is 5. The molecule has 2 N–H and O–H groups in total. The van der Waals surface area contributed by atoms with Crippen molar-refractivity contribution in [3.8, 4) is 22.3 Å². The van der Waals surface area contributed by atoms with Crippen LogP contribution < -0.4 is 5.32 Å². The standard InChI is InChI=1S/C37H30N2O5S/c1-45(43,44)33-9-5-8-30(21-33)32-20-31-18-19-39(24-26-12-14-28(15-13-26)27-6-3-2-4-7-27)35(31)34(22-32)36(40)38-23-25-10-16-29(17-11-25)37(41)42/h2-22H,23-24H2,1H3,(H,38,40)(H,41,42). The fourth-order valence-corrected chi connectivity index (χ4v) is 6.07. The minimum atomic E-state index is -3.42. The summed E-state index contributed by atoms with van der Waals surface area (Å²) < 4.78 is 26.6. The van der Waals surface area contributed by atoms with Crippen LogP contribution in [0.4, 0.5) is 0 Å². The van der Waals surface area contributed by atoms with Crippen molar-refractivity contribution in [1.82, 2.24) is 9.88 Å². The molecule has 0 saturated heterocycles. The Balaban J connectivity index is 1.36. The molecule has 6 aromatic rings. The Kier molecular flexibility index (Phi) is 8.06. The van der Waals surface area contributed by atoms with E-state index in [2.05, 4.69) is 41.7 Å². The van der Waals surface area contributed by atoms with E-state index in [1.165, 1.54) is 18.4 Å². The van der Waals surface area contributed by atoms with E-state index < -0.39 is 15.8 Å². The Bertz CT molecular complexity index is 2130. The molecule has 0 unspecified atom stereocenters. The van der Waals surface area contributed by atoms with E-state index in [1.54, 1.807) is 36.4 Å². The third-order valence-electron chi connectivity index (χ3n) is 7.77. The Hall–Kier alpha value is -5.47. The van der Waals surface area contributed by atoms with E-state index in [1.807, 2.05) is 47.2 Å². The maximum Gasteiger partial charge on any atom is 0.335 e. The minimum absolute atomic E-state index is 0.172. The van der Waals surface area contributed by atoms with Gasteiger partial charge in [-0.1, -0.05) is 78.9 Å². The first-order valence-electron chi connectivity index (χ1n) is 14.3. The Morgan fingerprint density at radius 3 is 2.07 bits per heavy atom. The smallest absolute Gasteiger partial charge is 0.335 e. The fourth-order valence-electron chi connectivity index (χ4n) is 5.40. The van der Waals surface area contributed by atoms with E-state index in [4.69, 9.17) is 0 Å². The van der Waals surface area contributed by atoms with E-state index in [9.17, 15) is 23.1 Å². The zero-order valence-electron chi connectivity index (χ0n) is 24.5. The van der Waals surface area contributed by atoms with Crippen LogP contribution in [0, 0.1) is 0 Å². The molecule has 5 aromatic carbocycles. The van der Waals surface area contributed by atoms with Crippen LogP contribution in [0.2, 0.25) is 0 Å². The maximum atomic E-state index is 13.8. The van der Waals surface area contributed by atoms with Crippen molar-refractivity contribution < 1.29 is 23.1 Å². The van der Waals surface area contributed by atoms with Gasteiger partial charge in [-0.25, -0.2) is 13.2 Å². The molecule has 0 atom stereocenters. The highest BCUT2D eigenvalue weighted by molar-refractivity contribution is 7.90. The van der Waals surface area contributed by atoms with Gasteiger partial charge in [-0.3, -0.25) is 4.79 Å². The second kappa shape index (κ2) is 12.3. The molecule has 0 spiro atoms. The molecule has 0 aliphatic heterocycles. The predicted molar refractivity (Wildman–Crippen MR) is 176 cm³/mol. The molecule has 224 valence electrons. The SMILES string of the molecule is CS(=O)(=O)c1cccc(-c2cc(C(=O)NCc3ccc(C(=O)O)cc3)c3c(ccn3Cc3ccc(-c4ccccc4)cc3)c2)c1. The number of carbonyl (C=O) groups is 2. The normalized spacial score (nSPS) is 11.4. The summed E-state index contributed by atoms with van der Waals surface area (Å²) in [6, 6.07) is 37.3. The summed E-state index contributed by atoms with van der Waals surface area (Å²) in [6.07, 6.45) is 3.12. The average molecular weight is 615 g/mol. The van der Waals surface area contributed by atoms with Gasteiger partial charge in [0.2, 0.25) is 0 Å². The largest absolute Gasteiger partial charge is 0.478 e. The topological polar surface area (TPSA) is 105 Å². The molecule has 7 nitrogen and oxygen atoms in total. The highest BCUT2D eigenvalue weighted by Crippen LogP contribution is 2.31. The van der Waals surface area contributed by atoms with Gasteiger partial charge in [-0.2, -0.15) is 0 Å². The summed E-state index contributed by atoms with van der Waals surface area (Å²) >= 11 is 0. The lowest BCUT2D eigenvalue weighted by Gasteiger charge is -2.14. The third-order valence-corrected chi connectivity index (χ3v) is 8.88. The summed E-state index contributed by atoms with van der Waals surface area (Å²) in [5, 5.41) is 13.0. The van der Waals surface area contributed by atoms with Gasteiger partial charge < -0.3 is 15.0 Å². The number of sulfone groups is 1. The molecule has 0 fully saturated rings. The van der Waals surface area contributed by atoms with Gasteiger partial charge in [-0.15, -0.1) is 0 Å². The van der Waals surface area contributed by atoms with Crippen molar-refractivity contribution in [2.24, 2.45) is 0 Å². The van der Waals surface area contributed by atoms with Crippen LogP contribution in [-0.2, 0) is 22.9 Å². The molecule has 8 heteroatoms. The number of nitrogens with zero attached hydrogens (tertiary/aromatic N) is 1. The Labute approximate surface area is 261 Å². The Morgan fingerprint density at radius 1 is 0.711 bits per heavy atom. The second-order valence-corrected chi connectivity index (χ2v) is 13.0. The van der Waals surface area contributed by atoms with Crippen molar-refractivity contribution in [3.63, 3.8) is 0 Å². The van der Waals surface area contributed by atoms with Crippen LogP contribution in [0.1, 0.15) is 31.8 Å². The first-order valence-corrected chi connectivity index (χ1v) is 16.2. The molecule has 0 saturated carbocycles. The van der Waals surface area contributed by atoms with E-state index in [-0.39, 0.29) is 22.9 Å². The van der Waals surface area contributed by atoms with Gasteiger partial charge in [0.25, 0.3) is 5.91 Å². The first-order chi connectivity index (χ1) is 21.7. The number of nitrogens with one attached hydrogen (secondary N) is 1. The second-order valence-electron chi connectivity index (χ2n) is 11.0. The van der Waals surface area contributed by atoms with E-state index >= 15 is 0 Å². The van der Waals surface area contributed by atoms with E-state index in [0.29, 0.717) is 23.2 Å². The zero-order chi connectivity index (χ0) is 31.6. The quantitative estimate of drug-likeness (QED) is 0.182. The molecule has 0 aliphatic rings. The summed E-state index contributed by atoms with van der Waals surface area (Å²) in [4.78, 5) is 25.2. The fraction of sp³-hybridized carbons (Fsp3) is 0.0811. The van der Waals surface area contributed by atoms with Crippen LogP contribution in [0.5, 0.6) is 0 Å². The van der Waals surface area contributed by atoms with Crippen molar-refractivity contribution in [2.75, 3.05) is 6.26 Å². The minimum Gasteiger partial charge on any atom is -0.478 e. The lowest BCUT2D eigenvalue weighted by molar-refractivity contribution is 0.0696. The average Bonchev–Trinajstić information content (AvgIpc) is 3.46. The summed E-state index contributed by atoms with van der Waals surface area (Å²) in [7, 11) is -3.42. The van der Waals surface area contributed by atoms with Gasteiger partial charge >= 0.3 is 5.97 Å². The molecule has 1 heterocycles. The highest BCUT2D eigenvalue weighted by atomic mass is 32.2. The molecule has 6 rings (SSSR count). The van der Waals surface area contributed by atoms with Crippen molar-refractivity contribution in [2.45, 2.75) is 18.0 Å². The number of fused-ring (bicyclic) bond motifs is 1. The molecule has 0 aliphatic carbocycles. The zero-order valence-corrected chi connectivity index (χ0v) is 25.3. The number of carboxylic acid groups (broad SMARTS) is 1. The van der Waals surface area contributed by atoms with Crippen LogP contribution in [-0.4, -0.2) is 36.2 Å². The molecular formula is C37H30N2O5S.